The number of hydrazine groups is 1. The lowest BCUT2D eigenvalue weighted by atomic mass is 10.3. The molecule has 0 fully saturated rings. The molecule has 0 radical (unpaired) electrons. The molecule has 1 aromatic heterocycles. The van der Waals surface area contributed by atoms with Gasteiger partial charge in [0.25, 0.3) is 0 Å². The first-order valence-electron chi connectivity index (χ1n) is 3.60. The van der Waals surface area contributed by atoms with Gasteiger partial charge >= 0.3 is 0 Å². The second-order valence-corrected chi connectivity index (χ2v) is 2.51. The molecule has 1 aromatic rings. The number of rotatable bonds is 2. The highest BCUT2D eigenvalue weighted by molar-refractivity contribution is 5.43. The van der Waals surface area contributed by atoms with Gasteiger partial charge in [0.2, 0.25) is 0 Å². The van der Waals surface area contributed by atoms with Crippen LogP contribution in [0.15, 0.2) is 12.1 Å². The van der Waals surface area contributed by atoms with Gasteiger partial charge in [0.05, 0.1) is 5.69 Å². The number of anilines is 1. The number of aryl methyl sites for hydroxylation is 2. The lowest BCUT2D eigenvalue weighted by molar-refractivity contribution is 0.976. The minimum atomic E-state index is 1.03. The van der Waals surface area contributed by atoms with Gasteiger partial charge in [-0.1, -0.05) is 0 Å². The zero-order chi connectivity index (χ0) is 8.27. The fraction of sp³-hybridized carbons (Fsp3) is 0.375. The summed E-state index contributed by atoms with van der Waals surface area (Å²) in [5, 5.41) is 0. The van der Waals surface area contributed by atoms with Gasteiger partial charge < -0.3 is 5.43 Å². The number of nitrogens with one attached hydrogen (secondary N) is 2. The molecule has 0 aromatic carbocycles. The van der Waals surface area contributed by atoms with Gasteiger partial charge in [0.1, 0.15) is 0 Å². The zero-order valence-corrected chi connectivity index (χ0v) is 7.10. The first kappa shape index (κ1) is 8.01. The van der Waals surface area contributed by atoms with Crippen LogP contribution >= 0.6 is 0 Å². The van der Waals surface area contributed by atoms with E-state index in [1.807, 2.05) is 33.0 Å². The van der Waals surface area contributed by atoms with Crippen molar-refractivity contribution >= 4 is 5.69 Å². The Hall–Kier alpha value is -1.09. The van der Waals surface area contributed by atoms with Crippen LogP contribution in [0.4, 0.5) is 5.69 Å². The molecule has 0 aliphatic heterocycles. The molecule has 2 N–H and O–H groups in total. The van der Waals surface area contributed by atoms with Gasteiger partial charge in [0.15, 0.2) is 0 Å². The van der Waals surface area contributed by atoms with E-state index in [4.69, 9.17) is 0 Å². The van der Waals surface area contributed by atoms with Gasteiger partial charge in [-0.2, -0.15) is 0 Å². The van der Waals surface area contributed by atoms with Crippen LogP contribution in [0.2, 0.25) is 0 Å². The highest BCUT2D eigenvalue weighted by Crippen LogP contribution is 2.08. The lowest BCUT2D eigenvalue weighted by Gasteiger charge is -2.05. The van der Waals surface area contributed by atoms with Crippen LogP contribution in [0, 0.1) is 13.8 Å². The Balaban J connectivity index is 2.89. The molecule has 60 valence electrons. The normalized spacial score (nSPS) is 9.73. The molecule has 11 heavy (non-hydrogen) atoms. The van der Waals surface area contributed by atoms with Gasteiger partial charge in [-0.3, -0.25) is 4.98 Å². The van der Waals surface area contributed by atoms with Crippen LogP contribution < -0.4 is 10.9 Å². The van der Waals surface area contributed by atoms with Crippen molar-refractivity contribution in [2.75, 3.05) is 12.5 Å². The van der Waals surface area contributed by atoms with Crippen LogP contribution in [-0.4, -0.2) is 12.0 Å². The number of nitrogens with zero attached hydrogens (tertiary/aromatic N) is 1. The molecule has 0 amide bonds. The maximum Gasteiger partial charge on any atom is 0.0523 e. The van der Waals surface area contributed by atoms with E-state index >= 15 is 0 Å². The van der Waals surface area contributed by atoms with Crippen LogP contribution in [0.1, 0.15) is 11.4 Å². The molecule has 0 spiro atoms. The summed E-state index contributed by atoms with van der Waals surface area (Å²) in [5.74, 6) is 0. The monoisotopic (exact) mass is 151 g/mol. The summed E-state index contributed by atoms with van der Waals surface area (Å²) >= 11 is 0. The lowest BCUT2D eigenvalue weighted by Crippen LogP contribution is -2.15. The van der Waals surface area contributed by atoms with E-state index in [1.165, 1.54) is 0 Å². The smallest absolute Gasteiger partial charge is 0.0523 e. The fourth-order valence-corrected chi connectivity index (χ4v) is 1.05. The molecule has 1 heterocycles. The van der Waals surface area contributed by atoms with Crippen LogP contribution in [0.5, 0.6) is 0 Å². The molecule has 0 saturated heterocycles. The molecule has 0 saturated carbocycles. The second kappa shape index (κ2) is 3.34. The van der Waals surface area contributed by atoms with Crippen molar-refractivity contribution in [3.63, 3.8) is 0 Å². The molecule has 3 nitrogen and oxygen atoms in total. The Kier molecular flexibility index (Phi) is 2.44. The van der Waals surface area contributed by atoms with E-state index < -0.39 is 0 Å². The van der Waals surface area contributed by atoms with Crippen molar-refractivity contribution in [2.24, 2.45) is 0 Å². The molecule has 0 unspecified atom stereocenters. The van der Waals surface area contributed by atoms with Crippen molar-refractivity contribution in [3.8, 4) is 0 Å². The SMILES string of the molecule is CNNc1cc(C)nc(C)c1. The number of hydrogen-bond acceptors (Lipinski definition) is 3. The second-order valence-electron chi connectivity index (χ2n) is 2.51. The summed E-state index contributed by atoms with van der Waals surface area (Å²) in [6.07, 6.45) is 0. The largest absolute Gasteiger partial charge is 0.322 e. The average molecular weight is 151 g/mol. The molecule has 0 aliphatic carbocycles. The summed E-state index contributed by atoms with van der Waals surface area (Å²) in [6.45, 7) is 3.96. The summed E-state index contributed by atoms with van der Waals surface area (Å²) in [5.41, 5.74) is 8.97. The van der Waals surface area contributed by atoms with Gasteiger partial charge in [0, 0.05) is 18.4 Å². The third-order valence-corrected chi connectivity index (χ3v) is 1.35. The van der Waals surface area contributed by atoms with Crippen LogP contribution in [0.25, 0.3) is 0 Å². The van der Waals surface area contributed by atoms with Crippen molar-refractivity contribution < 1.29 is 0 Å². The first-order valence-corrected chi connectivity index (χ1v) is 3.60. The first-order chi connectivity index (χ1) is 5.22. The zero-order valence-electron chi connectivity index (χ0n) is 7.10. The third kappa shape index (κ3) is 2.20. The third-order valence-electron chi connectivity index (χ3n) is 1.35. The topological polar surface area (TPSA) is 37.0 Å². The molecule has 3 heteroatoms. The van der Waals surface area contributed by atoms with E-state index in [0.717, 1.165) is 17.1 Å². The summed E-state index contributed by atoms with van der Waals surface area (Å²) in [6, 6.07) is 3.98. The summed E-state index contributed by atoms with van der Waals surface area (Å²) < 4.78 is 0. The predicted octanol–water partition coefficient (Wildman–Crippen LogP) is 1.24. The predicted molar refractivity (Wildman–Crippen MR) is 46.4 cm³/mol. The minimum absolute atomic E-state index is 1.03. The van der Waals surface area contributed by atoms with Crippen molar-refractivity contribution in [2.45, 2.75) is 13.8 Å². The maximum atomic E-state index is 4.25. The van der Waals surface area contributed by atoms with Gasteiger partial charge in [-0.15, -0.1) is 0 Å². The number of aromatic nitrogens is 1. The summed E-state index contributed by atoms with van der Waals surface area (Å²) in [4.78, 5) is 4.25. The number of hydrogen-bond donors (Lipinski definition) is 2. The molecule has 0 bridgehead atoms. The van der Waals surface area contributed by atoms with E-state index in [1.54, 1.807) is 0 Å². The Bertz CT molecular complexity index is 225. The van der Waals surface area contributed by atoms with Crippen LogP contribution in [-0.2, 0) is 0 Å². The quantitative estimate of drug-likeness (QED) is 0.624. The van der Waals surface area contributed by atoms with E-state index in [-0.39, 0.29) is 0 Å². The van der Waals surface area contributed by atoms with Crippen LogP contribution in [0.3, 0.4) is 0 Å². The highest BCUT2D eigenvalue weighted by atomic mass is 15.3. The Morgan fingerprint density at radius 1 is 1.18 bits per heavy atom. The summed E-state index contributed by atoms with van der Waals surface area (Å²) in [7, 11) is 1.84. The van der Waals surface area contributed by atoms with Crippen molar-refractivity contribution in [1.29, 1.82) is 0 Å². The molecule has 0 aliphatic rings. The highest BCUT2D eigenvalue weighted by Gasteiger charge is 1.93. The van der Waals surface area contributed by atoms with E-state index in [2.05, 4.69) is 15.8 Å². The van der Waals surface area contributed by atoms with Gasteiger partial charge in [-0.25, -0.2) is 5.43 Å². The van der Waals surface area contributed by atoms with Crippen molar-refractivity contribution in [3.05, 3.63) is 23.5 Å². The Morgan fingerprint density at radius 2 is 1.73 bits per heavy atom. The number of pyridine rings is 1. The average Bonchev–Trinajstić information content (AvgIpc) is 1.85. The standard InChI is InChI=1S/C8H13N3/c1-6-4-8(11-9-3)5-7(2)10-6/h4-5,9H,1-3H3,(H,10,11). The maximum absolute atomic E-state index is 4.25. The molecular formula is C8H13N3. The Labute approximate surface area is 66.8 Å². The van der Waals surface area contributed by atoms with Gasteiger partial charge in [-0.05, 0) is 26.0 Å². The molecule has 0 atom stereocenters. The molecular weight excluding hydrogens is 138 g/mol. The van der Waals surface area contributed by atoms with Crippen molar-refractivity contribution in [1.82, 2.24) is 10.4 Å². The minimum Gasteiger partial charge on any atom is -0.322 e. The molecule has 1 rings (SSSR count). The van der Waals surface area contributed by atoms with E-state index in [0.29, 0.717) is 0 Å². The van der Waals surface area contributed by atoms with E-state index in [9.17, 15) is 0 Å². The Morgan fingerprint density at radius 3 is 2.18 bits per heavy atom. The fourth-order valence-electron chi connectivity index (χ4n) is 1.05.